The summed E-state index contributed by atoms with van der Waals surface area (Å²) in [6.45, 7) is 0. The highest BCUT2D eigenvalue weighted by atomic mass is 15.1. The Hall–Kier alpha value is -6.96. The van der Waals surface area contributed by atoms with Gasteiger partial charge >= 0.3 is 0 Å². The van der Waals surface area contributed by atoms with Gasteiger partial charge in [-0.15, -0.1) is 0 Å². The van der Waals surface area contributed by atoms with Crippen LogP contribution in [0, 0.1) is 0 Å². The van der Waals surface area contributed by atoms with E-state index in [9.17, 15) is 2.74 Å². The number of hydrogen-bond donors (Lipinski definition) is 0. The molecule has 1 nitrogen and oxygen atoms in total. The lowest BCUT2D eigenvalue weighted by Gasteiger charge is -2.26. The van der Waals surface area contributed by atoms with Crippen LogP contribution < -0.4 is 4.90 Å². The molecule has 0 saturated heterocycles. The largest absolute Gasteiger partial charge is 0.310 e. The molecule has 9 rings (SSSR count). The van der Waals surface area contributed by atoms with Gasteiger partial charge in [-0.05, 0) is 115 Å². The molecule has 0 spiro atoms. The van der Waals surface area contributed by atoms with Gasteiger partial charge in [-0.3, -0.25) is 0 Å². The third-order valence-electron chi connectivity index (χ3n) is 9.75. The monoisotopic (exact) mass is 679 g/mol. The Morgan fingerprint density at radius 2 is 0.755 bits per heavy atom. The summed E-state index contributed by atoms with van der Waals surface area (Å²) in [5.41, 5.74) is 11.5. The quantitative estimate of drug-likeness (QED) is 0.154. The van der Waals surface area contributed by atoms with Crippen LogP contribution in [0.5, 0.6) is 0 Å². The number of rotatable bonds is 8. The minimum atomic E-state index is -0.224. The van der Waals surface area contributed by atoms with E-state index in [4.69, 9.17) is 2.74 Å². The average molecular weight is 680 g/mol. The van der Waals surface area contributed by atoms with E-state index in [0.29, 0.717) is 11.1 Å². The van der Waals surface area contributed by atoms with Crippen molar-refractivity contribution in [3.05, 3.63) is 224 Å². The molecule has 0 heterocycles. The fraction of sp³-hybridized carbons (Fsp3) is 0. The molecule has 9 aromatic rings. The lowest BCUT2D eigenvalue weighted by atomic mass is 9.97. The molecule has 1 heteroatoms. The second-order valence-corrected chi connectivity index (χ2v) is 13.1. The second-order valence-electron chi connectivity index (χ2n) is 13.1. The maximum Gasteiger partial charge on any atom is 0.0651 e. The Bertz CT molecular complexity index is 2740. The third kappa shape index (κ3) is 6.65. The molecule has 0 N–H and O–H groups in total. The van der Waals surface area contributed by atoms with E-state index in [1.807, 2.05) is 108 Å². The minimum Gasteiger partial charge on any atom is -0.310 e. The highest BCUT2D eigenvalue weighted by Crippen LogP contribution is 2.40. The van der Waals surface area contributed by atoms with Crippen molar-refractivity contribution >= 4 is 27.8 Å². The third-order valence-corrected chi connectivity index (χ3v) is 9.75. The van der Waals surface area contributed by atoms with Crippen LogP contribution in [0.1, 0.15) is 5.48 Å². The molecule has 53 heavy (non-hydrogen) atoms. The first-order valence-electron chi connectivity index (χ1n) is 19.8. The maximum absolute atomic E-state index is 9.77. The van der Waals surface area contributed by atoms with Crippen LogP contribution in [0.25, 0.3) is 66.4 Å². The molecule has 250 valence electrons. The minimum absolute atomic E-state index is 0.0247. The molecule has 0 amide bonds. The molecule has 0 fully saturated rings. The number of nitrogens with zero attached hydrogens (tertiary/aromatic N) is 1. The molecular formula is C52H37N. The summed E-state index contributed by atoms with van der Waals surface area (Å²) in [6.07, 6.45) is 0. The smallest absolute Gasteiger partial charge is 0.0651 e. The van der Waals surface area contributed by atoms with Crippen LogP contribution in [0.4, 0.5) is 17.1 Å². The maximum atomic E-state index is 9.77. The Kier molecular flexibility index (Phi) is 7.50. The standard InChI is InChI=1S/C52H37N/c1-3-13-38(14-4-1)43-19-9-21-45(35-43)40-27-31-48(32-28-40)53(50-24-11-23-47(37-50)52-26-12-18-42-17-7-8-25-51(42)52)49-33-29-41(30-34-49)46-22-10-20-44(36-46)39-15-5-2-6-16-39/h1-37H/i11D,23D,24D,37D. The predicted molar refractivity (Wildman–Crippen MR) is 226 cm³/mol. The molecule has 0 aromatic heterocycles. The Balaban J connectivity index is 1.18. The van der Waals surface area contributed by atoms with Gasteiger partial charge < -0.3 is 4.90 Å². The first-order chi connectivity index (χ1) is 27.9. The van der Waals surface area contributed by atoms with E-state index >= 15 is 0 Å². The van der Waals surface area contributed by atoms with E-state index in [1.165, 1.54) is 0 Å². The normalized spacial score (nSPS) is 12.1. The van der Waals surface area contributed by atoms with Gasteiger partial charge in [0.05, 0.1) is 5.48 Å². The van der Waals surface area contributed by atoms with Crippen molar-refractivity contribution in [2.45, 2.75) is 0 Å². The Morgan fingerprint density at radius 3 is 1.30 bits per heavy atom. The first kappa shape index (κ1) is 27.7. The summed E-state index contributed by atoms with van der Waals surface area (Å²) in [5.74, 6) is 0. The van der Waals surface area contributed by atoms with Gasteiger partial charge in [0, 0.05) is 17.1 Å². The lowest BCUT2D eigenvalue weighted by Crippen LogP contribution is -2.10. The zero-order valence-electron chi connectivity index (χ0n) is 33.0. The van der Waals surface area contributed by atoms with Gasteiger partial charge in [-0.1, -0.05) is 176 Å². The van der Waals surface area contributed by atoms with E-state index in [-0.39, 0.29) is 29.9 Å². The zero-order valence-corrected chi connectivity index (χ0v) is 29.0. The van der Waals surface area contributed by atoms with Gasteiger partial charge in [0.1, 0.15) is 0 Å². The van der Waals surface area contributed by atoms with Crippen molar-refractivity contribution in [3.63, 3.8) is 0 Å². The molecule has 0 saturated carbocycles. The fourth-order valence-corrected chi connectivity index (χ4v) is 7.05. The summed E-state index contributed by atoms with van der Waals surface area (Å²) in [4.78, 5) is 1.89. The van der Waals surface area contributed by atoms with Crippen LogP contribution in [-0.4, -0.2) is 0 Å². The summed E-state index contributed by atoms with van der Waals surface area (Å²) in [6, 6.07) is 67.1. The number of hydrogen-bond acceptors (Lipinski definition) is 1. The van der Waals surface area contributed by atoms with E-state index < -0.39 is 0 Å². The topological polar surface area (TPSA) is 3.24 Å². The number of anilines is 3. The van der Waals surface area contributed by atoms with Crippen LogP contribution in [0.3, 0.4) is 0 Å². The van der Waals surface area contributed by atoms with Gasteiger partial charge in [-0.2, -0.15) is 0 Å². The average Bonchev–Trinajstić information content (AvgIpc) is 3.28. The predicted octanol–water partition coefficient (Wildman–Crippen LogP) is 14.6. The molecule has 0 atom stereocenters. The van der Waals surface area contributed by atoms with E-state index in [2.05, 4.69) is 97.1 Å². The molecular weight excluding hydrogens is 639 g/mol. The van der Waals surface area contributed by atoms with E-state index in [0.717, 1.165) is 66.7 Å². The van der Waals surface area contributed by atoms with E-state index in [1.54, 1.807) is 0 Å². The molecule has 0 aliphatic rings. The van der Waals surface area contributed by atoms with Crippen LogP contribution >= 0.6 is 0 Å². The lowest BCUT2D eigenvalue weighted by molar-refractivity contribution is 1.28. The van der Waals surface area contributed by atoms with Crippen molar-refractivity contribution in [2.75, 3.05) is 4.90 Å². The van der Waals surface area contributed by atoms with Crippen LogP contribution in [-0.2, 0) is 0 Å². The summed E-state index contributed by atoms with van der Waals surface area (Å²) < 4.78 is 37.3. The van der Waals surface area contributed by atoms with Crippen molar-refractivity contribution in [3.8, 4) is 55.6 Å². The van der Waals surface area contributed by atoms with Gasteiger partial charge in [0.25, 0.3) is 0 Å². The highest BCUT2D eigenvalue weighted by Gasteiger charge is 2.15. The van der Waals surface area contributed by atoms with Gasteiger partial charge in [0.2, 0.25) is 0 Å². The van der Waals surface area contributed by atoms with Crippen LogP contribution in [0.2, 0.25) is 0 Å². The number of benzene rings is 9. The molecule has 0 bridgehead atoms. The van der Waals surface area contributed by atoms with Gasteiger partial charge in [-0.25, -0.2) is 0 Å². The highest BCUT2D eigenvalue weighted by molar-refractivity contribution is 5.97. The molecule has 9 aromatic carbocycles. The SMILES string of the molecule is [2H]c1c([2H])c(-c2cccc3ccccc23)c([2H])c(N(c2ccc(-c3cccc(-c4ccccc4)c3)cc2)c2ccc(-c3cccc(-c4ccccc4)c3)cc2)c1[2H]. The second kappa shape index (κ2) is 14.3. The summed E-state index contributed by atoms with van der Waals surface area (Å²) >= 11 is 0. The summed E-state index contributed by atoms with van der Waals surface area (Å²) in [5, 5.41) is 1.87. The van der Waals surface area contributed by atoms with Crippen molar-refractivity contribution < 1.29 is 5.48 Å². The van der Waals surface area contributed by atoms with Crippen molar-refractivity contribution in [2.24, 2.45) is 0 Å². The first-order valence-corrected chi connectivity index (χ1v) is 17.8. The molecule has 0 aliphatic carbocycles. The number of fused-ring (bicyclic) bond motifs is 1. The molecule has 0 radical (unpaired) electrons. The Morgan fingerprint density at radius 1 is 0.321 bits per heavy atom. The molecule has 0 aliphatic heterocycles. The fourth-order valence-electron chi connectivity index (χ4n) is 7.05. The zero-order chi connectivity index (χ0) is 38.9. The summed E-state index contributed by atoms with van der Waals surface area (Å²) in [7, 11) is 0. The van der Waals surface area contributed by atoms with Crippen molar-refractivity contribution in [1.82, 2.24) is 0 Å². The molecule has 0 unspecified atom stereocenters. The van der Waals surface area contributed by atoms with Crippen molar-refractivity contribution in [1.29, 1.82) is 0 Å². The van der Waals surface area contributed by atoms with Gasteiger partial charge in [0.15, 0.2) is 0 Å². The Labute approximate surface area is 317 Å². The van der Waals surface area contributed by atoms with Crippen LogP contribution in [0.15, 0.2) is 224 Å².